The van der Waals surface area contributed by atoms with Crippen LogP contribution in [0.5, 0.6) is 0 Å². The van der Waals surface area contributed by atoms with Crippen molar-refractivity contribution in [3.63, 3.8) is 0 Å². The molecule has 0 radical (unpaired) electrons. The van der Waals surface area contributed by atoms with Crippen LogP contribution in [0, 0.1) is 0 Å². The molecule has 0 bridgehead atoms. The second kappa shape index (κ2) is 5.47. The van der Waals surface area contributed by atoms with E-state index in [4.69, 9.17) is 37.4 Å². The fourth-order valence-corrected chi connectivity index (χ4v) is 4.12. The van der Waals surface area contributed by atoms with Crippen LogP contribution in [0.4, 0.5) is 0 Å². The lowest BCUT2D eigenvalue weighted by Gasteiger charge is -2.34. The maximum Gasteiger partial charge on any atom is 0.237 e. The standard InChI is InChI=1S/C17H18Cl2N2O2/c1-16(9-22-10-16)15-20-14(21-23-15)17(6-2-3-7-17)12-8-11(18)4-5-13(12)19/h4-5,8H,2-3,6-7,9-10H2,1H3. The predicted molar refractivity (Wildman–Crippen MR) is 88.2 cm³/mol. The third-order valence-corrected chi connectivity index (χ3v) is 5.68. The first kappa shape index (κ1) is 15.4. The molecule has 2 aromatic rings. The van der Waals surface area contributed by atoms with Gasteiger partial charge in [0.1, 0.15) is 0 Å². The molecule has 0 atom stereocenters. The predicted octanol–water partition coefficient (Wildman–Crippen LogP) is 4.52. The second-order valence-corrected chi connectivity index (χ2v) is 7.73. The minimum atomic E-state index is -0.301. The minimum absolute atomic E-state index is 0.164. The van der Waals surface area contributed by atoms with E-state index in [2.05, 4.69) is 12.1 Å². The SMILES string of the molecule is CC1(c2nc(C3(c4cc(Cl)ccc4Cl)CCCC3)no2)COC1. The average molecular weight is 353 g/mol. The molecule has 1 aliphatic carbocycles. The molecule has 2 aliphatic rings. The van der Waals surface area contributed by atoms with Crippen molar-refractivity contribution in [2.24, 2.45) is 0 Å². The lowest BCUT2D eigenvalue weighted by Crippen LogP contribution is -2.44. The van der Waals surface area contributed by atoms with Gasteiger partial charge in [0.25, 0.3) is 0 Å². The van der Waals surface area contributed by atoms with E-state index in [0.717, 1.165) is 37.1 Å². The van der Waals surface area contributed by atoms with Gasteiger partial charge in [0.15, 0.2) is 5.82 Å². The largest absolute Gasteiger partial charge is 0.379 e. The first-order chi connectivity index (χ1) is 11.0. The summed E-state index contributed by atoms with van der Waals surface area (Å²) in [6.45, 7) is 3.33. The van der Waals surface area contributed by atoms with Crippen LogP contribution in [0.1, 0.15) is 49.9 Å². The number of halogens is 2. The van der Waals surface area contributed by atoms with Crippen molar-refractivity contribution >= 4 is 23.2 Å². The van der Waals surface area contributed by atoms with Gasteiger partial charge in [0.05, 0.1) is 24.0 Å². The molecule has 1 saturated heterocycles. The molecule has 1 aromatic heterocycles. The molecule has 2 heterocycles. The summed E-state index contributed by atoms with van der Waals surface area (Å²) >= 11 is 12.7. The van der Waals surface area contributed by atoms with Crippen LogP contribution in [-0.4, -0.2) is 23.4 Å². The van der Waals surface area contributed by atoms with E-state index in [0.29, 0.717) is 29.1 Å². The summed E-state index contributed by atoms with van der Waals surface area (Å²) in [5.74, 6) is 1.38. The molecule has 0 spiro atoms. The van der Waals surface area contributed by atoms with Crippen molar-refractivity contribution in [3.8, 4) is 0 Å². The number of aromatic nitrogens is 2. The van der Waals surface area contributed by atoms with Crippen LogP contribution in [-0.2, 0) is 15.6 Å². The summed E-state index contributed by atoms with van der Waals surface area (Å²) in [5, 5.41) is 5.71. The van der Waals surface area contributed by atoms with Gasteiger partial charge in [-0.3, -0.25) is 0 Å². The van der Waals surface area contributed by atoms with Gasteiger partial charge in [-0.2, -0.15) is 4.98 Å². The van der Waals surface area contributed by atoms with Crippen LogP contribution in [0.25, 0.3) is 0 Å². The summed E-state index contributed by atoms with van der Waals surface area (Å²) in [4.78, 5) is 4.75. The monoisotopic (exact) mass is 352 g/mol. The number of benzene rings is 1. The molecule has 4 rings (SSSR count). The summed E-state index contributed by atoms with van der Waals surface area (Å²) in [5.41, 5.74) is 0.542. The van der Waals surface area contributed by atoms with Crippen LogP contribution >= 0.6 is 23.2 Å². The fourth-order valence-electron chi connectivity index (χ4n) is 3.65. The normalized spacial score (nSPS) is 22.0. The second-order valence-electron chi connectivity index (χ2n) is 6.89. The Morgan fingerprint density at radius 2 is 1.87 bits per heavy atom. The number of hydrogen-bond acceptors (Lipinski definition) is 4. The van der Waals surface area contributed by atoms with Gasteiger partial charge >= 0.3 is 0 Å². The van der Waals surface area contributed by atoms with Crippen LogP contribution < -0.4 is 0 Å². The summed E-state index contributed by atoms with van der Waals surface area (Å²) < 4.78 is 10.9. The third kappa shape index (κ3) is 2.39. The molecule has 2 fully saturated rings. The van der Waals surface area contributed by atoms with Gasteiger partial charge in [0.2, 0.25) is 5.89 Å². The number of ether oxygens (including phenoxy) is 1. The Balaban J connectivity index is 1.80. The van der Waals surface area contributed by atoms with Crippen molar-refractivity contribution in [2.45, 2.75) is 43.4 Å². The molecule has 0 N–H and O–H groups in total. The molecule has 1 saturated carbocycles. The van der Waals surface area contributed by atoms with E-state index in [-0.39, 0.29) is 10.8 Å². The van der Waals surface area contributed by atoms with Gasteiger partial charge < -0.3 is 9.26 Å². The molecule has 122 valence electrons. The lowest BCUT2D eigenvalue weighted by molar-refractivity contribution is -0.0644. The highest BCUT2D eigenvalue weighted by molar-refractivity contribution is 6.33. The quantitative estimate of drug-likeness (QED) is 0.814. The zero-order chi connectivity index (χ0) is 16.1. The summed E-state index contributed by atoms with van der Waals surface area (Å²) in [6, 6.07) is 5.60. The van der Waals surface area contributed by atoms with E-state index in [1.807, 2.05) is 18.2 Å². The Kier molecular flexibility index (Phi) is 3.67. The molecular weight excluding hydrogens is 335 g/mol. The molecule has 1 aromatic carbocycles. The van der Waals surface area contributed by atoms with Crippen molar-refractivity contribution < 1.29 is 9.26 Å². The maximum atomic E-state index is 6.49. The molecule has 0 amide bonds. The van der Waals surface area contributed by atoms with Crippen molar-refractivity contribution in [2.75, 3.05) is 13.2 Å². The fraction of sp³-hybridized carbons (Fsp3) is 0.529. The molecular formula is C17H18Cl2N2O2. The van der Waals surface area contributed by atoms with E-state index in [1.165, 1.54) is 0 Å². The van der Waals surface area contributed by atoms with Crippen LogP contribution in [0.15, 0.2) is 22.7 Å². The number of hydrogen-bond donors (Lipinski definition) is 0. The van der Waals surface area contributed by atoms with Crippen LogP contribution in [0.3, 0.4) is 0 Å². The zero-order valence-corrected chi connectivity index (χ0v) is 14.5. The maximum absolute atomic E-state index is 6.49. The molecule has 1 aliphatic heterocycles. The Labute approximate surface area is 145 Å². The van der Waals surface area contributed by atoms with Crippen molar-refractivity contribution in [1.29, 1.82) is 0 Å². The lowest BCUT2D eigenvalue weighted by atomic mass is 9.78. The Morgan fingerprint density at radius 3 is 2.52 bits per heavy atom. The van der Waals surface area contributed by atoms with Gasteiger partial charge in [0, 0.05) is 10.0 Å². The minimum Gasteiger partial charge on any atom is -0.379 e. The van der Waals surface area contributed by atoms with E-state index in [9.17, 15) is 0 Å². The molecule has 6 heteroatoms. The van der Waals surface area contributed by atoms with E-state index in [1.54, 1.807) is 0 Å². The van der Waals surface area contributed by atoms with Gasteiger partial charge in [-0.05, 0) is 43.5 Å². The molecule has 0 unspecified atom stereocenters. The van der Waals surface area contributed by atoms with Gasteiger partial charge in [-0.15, -0.1) is 0 Å². The summed E-state index contributed by atoms with van der Waals surface area (Å²) in [7, 11) is 0. The highest BCUT2D eigenvalue weighted by Gasteiger charge is 2.46. The molecule has 4 nitrogen and oxygen atoms in total. The van der Waals surface area contributed by atoms with E-state index < -0.39 is 0 Å². The van der Waals surface area contributed by atoms with Gasteiger partial charge in [-0.1, -0.05) is 41.2 Å². The Morgan fingerprint density at radius 1 is 1.13 bits per heavy atom. The van der Waals surface area contributed by atoms with Crippen LogP contribution in [0.2, 0.25) is 10.0 Å². The number of rotatable bonds is 3. The average Bonchev–Trinajstić information content (AvgIpc) is 3.16. The molecule has 23 heavy (non-hydrogen) atoms. The smallest absolute Gasteiger partial charge is 0.237 e. The topological polar surface area (TPSA) is 48.2 Å². The van der Waals surface area contributed by atoms with Crippen molar-refractivity contribution in [3.05, 3.63) is 45.5 Å². The Hall–Kier alpha value is -1.10. The Bertz CT molecular complexity index is 734. The first-order valence-electron chi connectivity index (χ1n) is 7.92. The van der Waals surface area contributed by atoms with Gasteiger partial charge in [-0.25, -0.2) is 0 Å². The summed E-state index contributed by atoms with van der Waals surface area (Å²) in [6.07, 6.45) is 4.15. The number of nitrogens with zero attached hydrogens (tertiary/aromatic N) is 2. The van der Waals surface area contributed by atoms with E-state index >= 15 is 0 Å². The highest BCUT2D eigenvalue weighted by atomic mass is 35.5. The van der Waals surface area contributed by atoms with Crippen molar-refractivity contribution in [1.82, 2.24) is 10.1 Å². The third-order valence-electron chi connectivity index (χ3n) is 5.11. The first-order valence-corrected chi connectivity index (χ1v) is 8.67. The zero-order valence-electron chi connectivity index (χ0n) is 12.9. The highest BCUT2D eigenvalue weighted by Crippen LogP contribution is 2.48.